The molecule has 0 bridgehead atoms. The number of aliphatic imine (C=N–C) groups is 2. The fourth-order valence-electron chi connectivity index (χ4n) is 1.57. The molecule has 0 aromatic heterocycles. The van der Waals surface area contributed by atoms with Gasteiger partial charge in [0.25, 0.3) is 0 Å². The Labute approximate surface area is 84.6 Å². The molecule has 76 valence electrons. The van der Waals surface area contributed by atoms with Crippen molar-refractivity contribution in [2.75, 3.05) is 14.1 Å². The molecule has 3 heteroatoms. The molecule has 3 nitrogen and oxygen atoms in total. The third-order valence-electron chi connectivity index (χ3n) is 2.26. The minimum atomic E-state index is -1.22. The SMILES string of the molecule is CN=CC(C)([O-])C1C=CC=CC1=NC. The average molecular weight is 191 g/mol. The van der Waals surface area contributed by atoms with E-state index in [1.165, 1.54) is 6.21 Å². The molecule has 14 heavy (non-hydrogen) atoms. The van der Waals surface area contributed by atoms with Gasteiger partial charge in [-0.3, -0.25) is 4.99 Å². The summed E-state index contributed by atoms with van der Waals surface area (Å²) in [7, 11) is 3.31. The van der Waals surface area contributed by atoms with Crippen LogP contribution in [0.3, 0.4) is 0 Å². The predicted octanol–water partition coefficient (Wildman–Crippen LogP) is 0.619. The molecule has 0 N–H and O–H groups in total. The Bertz CT molecular complexity index is 311. The maximum Gasteiger partial charge on any atom is 0.0409 e. The van der Waals surface area contributed by atoms with E-state index in [1.54, 1.807) is 21.0 Å². The summed E-state index contributed by atoms with van der Waals surface area (Å²) in [5.74, 6) is -0.221. The molecule has 0 fully saturated rings. The lowest BCUT2D eigenvalue weighted by atomic mass is 9.83. The van der Waals surface area contributed by atoms with Crippen LogP contribution in [0.1, 0.15) is 6.92 Å². The van der Waals surface area contributed by atoms with Gasteiger partial charge in [-0.15, -0.1) is 0 Å². The minimum absolute atomic E-state index is 0.221. The monoisotopic (exact) mass is 191 g/mol. The van der Waals surface area contributed by atoms with Gasteiger partial charge in [0, 0.05) is 25.7 Å². The summed E-state index contributed by atoms with van der Waals surface area (Å²) >= 11 is 0. The number of hydrogen-bond acceptors (Lipinski definition) is 3. The Hall–Kier alpha value is -1.22. The number of nitrogens with zero attached hydrogens (tertiary/aromatic N) is 2. The van der Waals surface area contributed by atoms with Gasteiger partial charge in [-0.25, -0.2) is 0 Å². The van der Waals surface area contributed by atoms with Gasteiger partial charge in [-0.05, 0) is 12.3 Å². The fraction of sp³-hybridized carbons (Fsp3) is 0.455. The maximum absolute atomic E-state index is 12.1. The van der Waals surface area contributed by atoms with Gasteiger partial charge in [0.15, 0.2) is 0 Å². The normalized spacial score (nSPS) is 28.6. The Morgan fingerprint density at radius 2 is 2.14 bits per heavy atom. The van der Waals surface area contributed by atoms with E-state index in [9.17, 15) is 5.11 Å². The summed E-state index contributed by atoms with van der Waals surface area (Å²) in [5, 5.41) is 12.1. The van der Waals surface area contributed by atoms with Crippen LogP contribution in [0.4, 0.5) is 0 Å². The van der Waals surface area contributed by atoms with E-state index in [4.69, 9.17) is 0 Å². The molecular weight excluding hydrogens is 176 g/mol. The molecular formula is C11H15N2O-. The van der Waals surface area contributed by atoms with Crippen LogP contribution in [0.2, 0.25) is 0 Å². The van der Waals surface area contributed by atoms with Gasteiger partial charge in [-0.2, -0.15) is 0 Å². The van der Waals surface area contributed by atoms with Crippen molar-refractivity contribution in [3.63, 3.8) is 0 Å². The summed E-state index contributed by atoms with van der Waals surface area (Å²) in [4.78, 5) is 7.90. The highest BCUT2D eigenvalue weighted by Crippen LogP contribution is 2.19. The molecule has 0 aromatic carbocycles. The van der Waals surface area contributed by atoms with Crippen molar-refractivity contribution in [2.45, 2.75) is 12.5 Å². The zero-order valence-corrected chi connectivity index (χ0v) is 8.77. The highest BCUT2D eigenvalue weighted by Gasteiger charge is 2.23. The first-order chi connectivity index (χ1) is 6.61. The third kappa shape index (κ3) is 2.17. The largest absolute Gasteiger partial charge is 0.845 e. The molecule has 2 atom stereocenters. The third-order valence-corrected chi connectivity index (χ3v) is 2.26. The number of hydrogen-bond donors (Lipinski definition) is 0. The standard InChI is InChI=1S/C11H15N2O/c1-11(14,8-12-2)9-6-4-5-7-10(9)13-3/h4-9H,1-3H3/q-1. The quantitative estimate of drug-likeness (QED) is 0.590. The second-order valence-corrected chi connectivity index (χ2v) is 3.44. The van der Waals surface area contributed by atoms with Crippen LogP contribution in [-0.4, -0.2) is 31.6 Å². The van der Waals surface area contributed by atoms with E-state index in [1.807, 2.05) is 24.3 Å². The summed E-state index contributed by atoms with van der Waals surface area (Å²) in [5.41, 5.74) is -0.407. The zero-order valence-electron chi connectivity index (χ0n) is 8.77. The molecule has 1 aliphatic carbocycles. The van der Waals surface area contributed by atoms with Crippen LogP contribution < -0.4 is 5.11 Å². The molecule has 0 saturated heterocycles. The van der Waals surface area contributed by atoms with Gasteiger partial charge < -0.3 is 10.1 Å². The highest BCUT2D eigenvalue weighted by molar-refractivity contribution is 6.02. The van der Waals surface area contributed by atoms with Crippen LogP contribution in [0.5, 0.6) is 0 Å². The van der Waals surface area contributed by atoms with Gasteiger partial charge >= 0.3 is 0 Å². The molecule has 0 heterocycles. The smallest absolute Gasteiger partial charge is 0.0409 e. The van der Waals surface area contributed by atoms with Gasteiger partial charge in [0.1, 0.15) is 0 Å². The topological polar surface area (TPSA) is 47.8 Å². The molecule has 2 unspecified atom stereocenters. The molecule has 0 spiro atoms. The number of rotatable bonds is 2. The lowest BCUT2D eigenvalue weighted by Gasteiger charge is -2.39. The second-order valence-electron chi connectivity index (χ2n) is 3.44. The Morgan fingerprint density at radius 3 is 2.71 bits per heavy atom. The van der Waals surface area contributed by atoms with Crippen LogP contribution in [0, 0.1) is 5.92 Å². The van der Waals surface area contributed by atoms with Crippen molar-refractivity contribution in [3.05, 3.63) is 24.3 Å². The summed E-state index contributed by atoms with van der Waals surface area (Å²) in [6.45, 7) is 1.62. The van der Waals surface area contributed by atoms with E-state index < -0.39 is 5.60 Å². The molecule has 1 rings (SSSR count). The maximum atomic E-state index is 12.1. The Balaban J connectivity index is 2.97. The van der Waals surface area contributed by atoms with Gasteiger partial charge in [-0.1, -0.05) is 30.8 Å². The molecule has 0 radical (unpaired) electrons. The van der Waals surface area contributed by atoms with Crippen molar-refractivity contribution in [1.82, 2.24) is 0 Å². The highest BCUT2D eigenvalue weighted by atomic mass is 16.3. The second kappa shape index (κ2) is 4.33. The van der Waals surface area contributed by atoms with Crippen molar-refractivity contribution in [2.24, 2.45) is 15.9 Å². The van der Waals surface area contributed by atoms with E-state index in [0.717, 1.165) is 5.71 Å². The summed E-state index contributed by atoms with van der Waals surface area (Å²) in [6, 6.07) is 0. The van der Waals surface area contributed by atoms with Crippen molar-refractivity contribution in [1.29, 1.82) is 0 Å². The van der Waals surface area contributed by atoms with Crippen molar-refractivity contribution in [3.8, 4) is 0 Å². The summed E-state index contributed by atoms with van der Waals surface area (Å²) in [6.07, 6.45) is 8.94. The molecule has 1 aliphatic rings. The Morgan fingerprint density at radius 1 is 1.43 bits per heavy atom. The predicted molar refractivity (Wildman–Crippen MR) is 58.0 cm³/mol. The molecule has 0 aromatic rings. The fourth-order valence-corrected chi connectivity index (χ4v) is 1.57. The first kappa shape index (κ1) is 10.9. The molecule has 0 amide bonds. The van der Waals surface area contributed by atoms with Crippen LogP contribution >= 0.6 is 0 Å². The van der Waals surface area contributed by atoms with E-state index >= 15 is 0 Å². The minimum Gasteiger partial charge on any atom is -0.845 e. The van der Waals surface area contributed by atoms with Crippen molar-refractivity contribution >= 4 is 11.9 Å². The van der Waals surface area contributed by atoms with Gasteiger partial charge in [0.05, 0.1) is 0 Å². The van der Waals surface area contributed by atoms with E-state index in [2.05, 4.69) is 9.98 Å². The lowest BCUT2D eigenvalue weighted by Crippen LogP contribution is -2.51. The average Bonchev–Trinajstić information content (AvgIpc) is 2.18. The van der Waals surface area contributed by atoms with Crippen molar-refractivity contribution < 1.29 is 5.11 Å². The first-order valence-corrected chi connectivity index (χ1v) is 4.57. The van der Waals surface area contributed by atoms with Crippen LogP contribution in [0.25, 0.3) is 0 Å². The van der Waals surface area contributed by atoms with Crippen LogP contribution in [0.15, 0.2) is 34.3 Å². The first-order valence-electron chi connectivity index (χ1n) is 4.57. The summed E-state index contributed by atoms with van der Waals surface area (Å²) < 4.78 is 0. The van der Waals surface area contributed by atoms with Gasteiger partial charge in [0.2, 0.25) is 0 Å². The lowest BCUT2D eigenvalue weighted by molar-refractivity contribution is -0.447. The molecule has 0 saturated carbocycles. The van der Waals surface area contributed by atoms with Crippen LogP contribution in [-0.2, 0) is 0 Å². The molecule has 0 aliphatic heterocycles. The van der Waals surface area contributed by atoms with E-state index in [0.29, 0.717) is 0 Å². The Kier molecular flexibility index (Phi) is 3.36. The zero-order chi connectivity index (χ0) is 10.6. The number of allylic oxidation sites excluding steroid dienone is 3. The van der Waals surface area contributed by atoms with E-state index in [-0.39, 0.29) is 5.92 Å².